The van der Waals surface area contributed by atoms with Crippen LogP contribution in [0.25, 0.3) is 0 Å². The van der Waals surface area contributed by atoms with Gasteiger partial charge in [0.2, 0.25) is 5.91 Å². The van der Waals surface area contributed by atoms with Crippen molar-refractivity contribution >= 4 is 17.6 Å². The molecule has 0 unspecified atom stereocenters. The molecule has 1 amide bonds. The van der Waals surface area contributed by atoms with Crippen LogP contribution < -0.4 is 5.32 Å². The summed E-state index contributed by atoms with van der Waals surface area (Å²) in [5, 5.41) is 11.5. The third-order valence-electron chi connectivity index (χ3n) is 3.62. The largest absolute Gasteiger partial charge is 0.481 e. The van der Waals surface area contributed by atoms with E-state index in [9.17, 15) is 14.0 Å². The SMILES string of the molecule is Cc1cccc(F)c1NC(=O)[C@@H]1CC[C@H](C(=O)O)C1. The van der Waals surface area contributed by atoms with Gasteiger partial charge in [-0.2, -0.15) is 0 Å². The molecule has 0 bridgehead atoms. The molecule has 0 radical (unpaired) electrons. The number of anilines is 1. The van der Waals surface area contributed by atoms with Gasteiger partial charge in [0.15, 0.2) is 0 Å². The number of carbonyl (C=O) groups excluding carboxylic acids is 1. The molecule has 1 aliphatic rings. The van der Waals surface area contributed by atoms with Crippen LogP contribution in [0.3, 0.4) is 0 Å². The maximum Gasteiger partial charge on any atom is 0.306 e. The first-order valence-corrected chi connectivity index (χ1v) is 6.28. The van der Waals surface area contributed by atoms with E-state index in [-0.39, 0.29) is 17.5 Å². The number of amides is 1. The number of para-hydroxylation sites is 1. The first-order chi connectivity index (χ1) is 8.99. The van der Waals surface area contributed by atoms with E-state index >= 15 is 0 Å². The Morgan fingerprint density at radius 2 is 2.00 bits per heavy atom. The van der Waals surface area contributed by atoms with Crippen molar-refractivity contribution in [2.45, 2.75) is 26.2 Å². The summed E-state index contributed by atoms with van der Waals surface area (Å²) in [5.74, 6) is -2.44. The normalized spacial score (nSPS) is 22.2. The fourth-order valence-electron chi connectivity index (χ4n) is 2.46. The number of carboxylic acids is 1. The molecule has 0 heterocycles. The van der Waals surface area contributed by atoms with E-state index in [0.29, 0.717) is 24.8 Å². The second-order valence-corrected chi connectivity index (χ2v) is 4.97. The Kier molecular flexibility index (Phi) is 3.83. The van der Waals surface area contributed by atoms with Gasteiger partial charge in [0, 0.05) is 5.92 Å². The summed E-state index contributed by atoms with van der Waals surface area (Å²) in [4.78, 5) is 22.9. The Balaban J connectivity index is 2.04. The predicted molar refractivity (Wildman–Crippen MR) is 68.2 cm³/mol. The van der Waals surface area contributed by atoms with Gasteiger partial charge in [0.25, 0.3) is 0 Å². The number of hydrogen-bond acceptors (Lipinski definition) is 2. The fourth-order valence-corrected chi connectivity index (χ4v) is 2.46. The average molecular weight is 265 g/mol. The quantitative estimate of drug-likeness (QED) is 0.882. The molecule has 2 N–H and O–H groups in total. The van der Waals surface area contributed by atoms with E-state index in [4.69, 9.17) is 5.11 Å². The molecule has 1 aromatic carbocycles. The third-order valence-corrected chi connectivity index (χ3v) is 3.62. The van der Waals surface area contributed by atoms with Crippen molar-refractivity contribution in [1.29, 1.82) is 0 Å². The van der Waals surface area contributed by atoms with Crippen LogP contribution in [0.4, 0.5) is 10.1 Å². The molecule has 0 saturated heterocycles. The van der Waals surface area contributed by atoms with Crippen LogP contribution in [0.2, 0.25) is 0 Å². The molecule has 1 saturated carbocycles. The van der Waals surface area contributed by atoms with Crippen molar-refractivity contribution in [3.8, 4) is 0 Å². The van der Waals surface area contributed by atoms with Crippen LogP contribution in [-0.2, 0) is 9.59 Å². The van der Waals surface area contributed by atoms with Crippen molar-refractivity contribution in [3.05, 3.63) is 29.6 Å². The highest BCUT2D eigenvalue weighted by molar-refractivity contribution is 5.94. The molecule has 0 spiro atoms. The fraction of sp³-hybridized carbons (Fsp3) is 0.429. The van der Waals surface area contributed by atoms with E-state index < -0.39 is 17.7 Å². The number of carbonyl (C=O) groups is 2. The average Bonchev–Trinajstić information content (AvgIpc) is 2.83. The highest BCUT2D eigenvalue weighted by Crippen LogP contribution is 2.32. The van der Waals surface area contributed by atoms with Gasteiger partial charge < -0.3 is 10.4 Å². The van der Waals surface area contributed by atoms with Crippen LogP contribution in [0.5, 0.6) is 0 Å². The standard InChI is InChI=1S/C14H16FNO3/c1-8-3-2-4-11(15)12(8)16-13(17)9-5-6-10(7-9)14(18)19/h2-4,9-10H,5-7H2,1H3,(H,16,17)(H,18,19)/t9-,10+/m1/s1. The van der Waals surface area contributed by atoms with E-state index in [0.717, 1.165) is 0 Å². The zero-order chi connectivity index (χ0) is 14.0. The second kappa shape index (κ2) is 5.38. The van der Waals surface area contributed by atoms with Gasteiger partial charge in [-0.3, -0.25) is 9.59 Å². The van der Waals surface area contributed by atoms with E-state index in [1.165, 1.54) is 6.07 Å². The number of aliphatic carboxylic acids is 1. The van der Waals surface area contributed by atoms with Crippen molar-refractivity contribution in [2.24, 2.45) is 11.8 Å². The molecule has 2 rings (SSSR count). The molecule has 0 aliphatic heterocycles. The topological polar surface area (TPSA) is 66.4 Å². The molecular weight excluding hydrogens is 249 g/mol. The molecular formula is C14H16FNO3. The molecule has 0 aromatic heterocycles. The monoisotopic (exact) mass is 265 g/mol. The van der Waals surface area contributed by atoms with Crippen LogP contribution >= 0.6 is 0 Å². The van der Waals surface area contributed by atoms with Gasteiger partial charge in [-0.15, -0.1) is 0 Å². The minimum atomic E-state index is -0.864. The van der Waals surface area contributed by atoms with Crippen molar-refractivity contribution in [3.63, 3.8) is 0 Å². The van der Waals surface area contributed by atoms with Gasteiger partial charge in [0.05, 0.1) is 11.6 Å². The lowest BCUT2D eigenvalue weighted by Crippen LogP contribution is -2.22. The highest BCUT2D eigenvalue weighted by atomic mass is 19.1. The predicted octanol–water partition coefficient (Wildman–Crippen LogP) is 2.57. The zero-order valence-electron chi connectivity index (χ0n) is 10.6. The molecule has 2 atom stereocenters. The Morgan fingerprint density at radius 1 is 1.32 bits per heavy atom. The number of halogens is 1. The number of benzene rings is 1. The maximum absolute atomic E-state index is 13.6. The summed E-state index contributed by atoms with van der Waals surface area (Å²) < 4.78 is 13.6. The van der Waals surface area contributed by atoms with Crippen LogP contribution in [0.1, 0.15) is 24.8 Å². The van der Waals surface area contributed by atoms with Gasteiger partial charge >= 0.3 is 5.97 Å². The second-order valence-electron chi connectivity index (χ2n) is 4.97. The number of aryl methyl sites for hydroxylation is 1. The summed E-state index contributed by atoms with van der Waals surface area (Å²) in [6.45, 7) is 1.72. The summed E-state index contributed by atoms with van der Waals surface area (Å²) in [7, 11) is 0. The lowest BCUT2D eigenvalue weighted by Gasteiger charge is -2.13. The maximum atomic E-state index is 13.6. The van der Waals surface area contributed by atoms with Crippen molar-refractivity contribution < 1.29 is 19.1 Å². The molecule has 1 aliphatic carbocycles. The summed E-state index contributed by atoms with van der Waals surface area (Å²) in [6, 6.07) is 4.58. The first kappa shape index (κ1) is 13.5. The Bertz CT molecular complexity index is 495. The number of rotatable bonds is 3. The number of hydrogen-bond donors (Lipinski definition) is 2. The first-order valence-electron chi connectivity index (χ1n) is 6.28. The van der Waals surface area contributed by atoms with Gasteiger partial charge in [-0.05, 0) is 37.8 Å². The van der Waals surface area contributed by atoms with E-state index in [2.05, 4.69) is 5.32 Å². The Labute approximate surface area is 110 Å². The molecule has 1 fully saturated rings. The van der Waals surface area contributed by atoms with Crippen molar-refractivity contribution in [1.82, 2.24) is 0 Å². The van der Waals surface area contributed by atoms with Crippen LogP contribution in [-0.4, -0.2) is 17.0 Å². The minimum Gasteiger partial charge on any atom is -0.481 e. The summed E-state index contributed by atoms with van der Waals surface area (Å²) in [5.41, 5.74) is 0.840. The van der Waals surface area contributed by atoms with Crippen LogP contribution in [0, 0.1) is 24.6 Å². The molecule has 5 heteroatoms. The van der Waals surface area contributed by atoms with E-state index in [1.807, 2.05) is 0 Å². The van der Waals surface area contributed by atoms with Crippen molar-refractivity contribution in [2.75, 3.05) is 5.32 Å². The minimum absolute atomic E-state index is 0.186. The summed E-state index contributed by atoms with van der Waals surface area (Å²) in [6.07, 6.45) is 1.37. The smallest absolute Gasteiger partial charge is 0.306 e. The number of carboxylic acid groups (broad SMARTS) is 1. The molecule has 4 nitrogen and oxygen atoms in total. The van der Waals surface area contributed by atoms with Crippen LogP contribution in [0.15, 0.2) is 18.2 Å². The zero-order valence-corrected chi connectivity index (χ0v) is 10.6. The lowest BCUT2D eigenvalue weighted by molar-refractivity contribution is -0.141. The third kappa shape index (κ3) is 2.92. The van der Waals surface area contributed by atoms with Gasteiger partial charge in [0.1, 0.15) is 5.82 Å². The highest BCUT2D eigenvalue weighted by Gasteiger charge is 2.34. The Morgan fingerprint density at radius 3 is 2.58 bits per heavy atom. The van der Waals surface area contributed by atoms with Gasteiger partial charge in [-0.25, -0.2) is 4.39 Å². The number of nitrogens with one attached hydrogen (secondary N) is 1. The molecule has 102 valence electrons. The molecule has 19 heavy (non-hydrogen) atoms. The van der Waals surface area contributed by atoms with E-state index in [1.54, 1.807) is 19.1 Å². The van der Waals surface area contributed by atoms with Gasteiger partial charge in [-0.1, -0.05) is 12.1 Å². The Hall–Kier alpha value is -1.91. The summed E-state index contributed by atoms with van der Waals surface area (Å²) >= 11 is 0. The lowest BCUT2D eigenvalue weighted by atomic mass is 10.0. The molecule has 1 aromatic rings.